The zero-order valence-electron chi connectivity index (χ0n) is 14.3. The second kappa shape index (κ2) is 6.92. The van der Waals surface area contributed by atoms with Crippen LogP contribution in [-0.4, -0.2) is 35.2 Å². The number of benzene rings is 1. The standard InChI is InChI=1S/C17H21N5O3/c1-10-4-3-7-22(9-10)14-6-5-12(8-13(14)16(18)23)19-17(24)15-11(2)20-25-21-15/h5-6,8,10H,3-4,7,9H2,1-2H3,(H2,18,23)(H,19,24). The zero-order chi connectivity index (χ0) is 18.0. The van der Waals surface area contributed by atoms with Crippen LogP contribution in [0.5, 0.6) is 0 Å². The molecule has 1 aliphatic heterocycles. The van der Waals surface area contributed by atoms with Gasteiger partial charge in [0.1, 0.15) is 5.69 Å². The summed E-state index contributed by atoms with van der Waals surface area (Å²) in [5, 5.41) is 9.84. The van der Waals surface area contributed by atoms with E-state index in [9.17, 15) is 9.59 Å². The molecule has 1 aromatic heterocycles. The van der Waals surface area contributed by atoms with E-state index in [2.05, 4.69) is 32.1 Å². The van der Waals surface area contributed by atoms with Gasteiger partial charge in [-0.3, -0.25) is 9.59 Å². The number of rotatable bonds is 4. The van der Waals surface area contributed by atoms with Gasteiger partial charge in [0.2, 0.25) is 0 Å². The van der Waals surface area contributed by atoms with E-state index < -0.39 is 11.8 Å². The van der Waals surface area contributed by atoms with Gasteiger partial charge in [0, 0.05) is 24.5 Å². The summed E-state index contributed by atoms with van der Waals surface area (Å²) >= 11 is 0. The molecule has 8 nitrogen and oxygen atoms in total. The van der Waals surface area contributed by atoms with Crippen molar-refractivity contribution in [3.63, 3.8) is 0 Å². The van der Waals surface area contributed by atoms with Gasteiger partial charge >= 0.3 is 0 Å². The average molecular weight is 343 g/mol. The van der Waals surface area contributed by atoms with Crippen molar-refractivity contribution in [1.82, 2.24) is 10.3 Å². The fourth-order valence-electron chi connectivity index (χ4n) is 3.12. The number of carbonyl (C=O) groups is 2. The first kappa shape index (κ1) is 16.9. The lowest BCUT2D eigenvalue weighted by atomic mass is 9.98. The van der Waals surface area contributed by atoms with Gasteiger partial charge in [0.15, 0.2) is 5.69 Å². The summed E-state index contributed by atoms with van der Waals surface area (Å²) in [6, 6.07) is 5.17. The number of hydrogen-bond acceptors (Lipinski definition) is 6. The molecule has 25 heavy (non-hydrogen) atoms. The number of aromatic nitrogens is 2. The molecule has 0 saturated carbocycles. The monoisotopic (exact) mass is 343 g/mol. The third kappa shape index (κ3) is 3.62. The first-order valence-electron chi connectivity index (χ1n) is 8.25. The van der Waals surface area contributed by atoms with Crippen molar-refractivity contribution in [3.8, 4) is 0 Å². The van der Waals surface area contributed by atoms with E-state index in [0.717, 1.165) is 25.2 Å². The Morgan fingerprint density at radius 2 is 2.16 bits per heavy atom. The SMILES string of the molecule is Cc1nonc1C(=O)Nc1ccc(N2CCCC(C)C2)c(C(N)=O)c1. The molecule has 1 atom stereocenters. The number of amides is 2. The second-order valence-corrected chi connectivity index (χ2v) is 6.44. The number of nitrogens with one attached hydrogen (secondary N) is 1. The van der Waals surface area contributed by atoms with Gasteiger partial charge < -0.3 is 16.0 Å². The maximum Gasteiger partial charge on any atom is 0.279 e. The van der Waals surface area contributed by atoms with Crippen LogP contribution in [0.15, 0.2) is 22.8 Å². The number of carbonyl (C=O) groups excluding carboxylic acids is 2. The van der Waals surface area contributed by atoms with Crippen molar-refractivity contribution < 1.29 is 14.2 Å². The smallest absolute Gasteiger partial charge is 0.279 e. The molecule has 2 aromatic rings. The van der Waals surface area contributed by atoms with Crippen LogP contribution in [-0.2, 0) is 0 Å². The maximum atomic E-state index is 12.2. The lowest BCUT2D eigenvalue weighted by molar-refractivity contribution is 0.0994. The number of piperidine rings is 1. The summed E-state index contributed by atoms with van der Waals surface area (Å²) < 4.78 is 4.53. The van der Waals surface area contributed by atoms with Gasteiger partial charge in [0.05, 0.1) is 5.56 Å². The number of anilines is 2. The number of aryl methyl sites for hydroxylation is 1. The Hall–Kier alpha value is -2.90. The summed E-state index contributed by atoms with van der Waals surface area (Å²) in [5.74, 6) is -0.409. The van der Waals surface area contributed by atoms with Crippen LogP contribution in [0.3, 0.4) is 0 Å². The highest BCUT2D eigenvalue weighted by Gasteiger charge is 2.22. The summed E-state index contributed by atoms with van der Waals surface area (Å²) in [6.45, 7) is 5.59. The molecule has 0 bridgehead atoms. The summed E-state index contributed by atoms with van der Waals surface area (Å²) in [5.41, 5.74) is 7.72. The molecule has 2 amide bonds. The largest absolute Gasteiger partial charge is 0.371 e. The van der Waals surface area contributed by atoms with E-state index in [-0.39, 0.29) is 5.69 Å². The van der Waals surface area contributed by atoms with E-state index in [4.69, 9.17) is 5.73 Å². The van der Waals surface area contributed by atoms with E-state index in [1.165, 1.54) is 6.42 Å². The fraction of sp³-hybridized carbons (Fsp3) is 0.412. The minimum atomic E-state index is -0.524. The van der Waals surface area contributed by atoms with Crippen molar-refractivity contribution in [1.29, 1.82) is 0 Å². The van der Waals surface area contributed by atoms with E-state index >= 15 is 0 Å². The molecule has 1 aliphatic rings. The normalized spacial score (nSPS) is 17.4. The second-order valence-electron chi connectivity index (χ2n) is 6.44. The molecule has 1 unspecified atom stereocenters. The molecule has 8 heteroatoms. The quantitative estimate of drug-likeness (QED) is 0.877. The molecule has 0 aliphatic carbocycles. The molecule has 1 fully saturated rings. The highest BCUT2D eigenvalue weighted by atomic mass is 16.6. The van der Waals surface area contributed by atoms with Gasteiger partial charge in [-0.25, -0.2) is 4.63 Å². The first-order chi connectivity index (χ1) is 12.0. The number of nitrogens with zero attached hydrogens (tertiary/aromatic N) is 3. The molecule has 3 rings (SSSR count). The van der Waals surface area contributed by atoms with Crippen molar-refractivity contribution in [2.45, 2.75) is 26.7 Å². The first-order valence-corrected chi connectivity index (χ1v) is 8.25. The topological polar surface area (TPSA) is 114 Å². The van der Waals surface area contributed by atoms with Crippen LogP contribution in [0.2, 0.25) is 0 Å². The van der Waals surface area contributed by atoms with E-state index in [1.54, 1.807) is 19.1 Å². The third-order valence-electron chi connectivity index (χ3n) is 4.39. The number of hydrogen-bond donors (Lipinski definition) is 2. The van der Waals surface area contributed by atoms with Gasteiger partial charge in [-0.2, -0.15) is 0 Å². The minimum absolute atomic E-state index is 0.106. The average Bonchev–Trinajstić information content (AvgIpc) is 3.01. The predicted molar refractivity (Wildman–Crippen MR) is 92.6 cm³/mol. The van der Waals surface area contributed by atoms with E-state index in [0.29, 0.717) is 22.9 Å². The molecular weight excluding hydrogens is 322 g/mol. The molecular formula is C17H21N5O3. The molecule has 1 aromatic carbocycles. The predicted octanol–water partition coefficient (Wildman–Crippen LogP) is 1.97. The highest BCUT2D eigenvalue weighted by molar-refractivity contribution is 6.05. The van der Waals surface area contributed by atoms with Crippen LogP contribution < -0.4 is 16.0 Å². The van der Waals surface area contributed by atoms with Gasteiger partial charge in [-0.1, -0.05) is 12.1 Å². The molecule has 1 saturated heterocycles. The highest BCUT2D eigenvalue weighted by Crippen LogP contribution is 2.28. The van der Waals surface area contributed by atoms with Crippen molar-refractivity contribution in [2.75, 3.05) is 23.3 Å². The van der Waals surface area contributed by atoms with E-state index in [1.807, 2.05) is 6.07 Å². The lowest BCUT2D eigenvalue weighted by Crippen LogP contribution is -2.35. The Bertz CT molecular complexity index is 801. The third-order valence-corrected chi connectivity index (χ3v) is 4.39. The molecule has 0 radical (unpaired) electrons. The van der Waals surface area contributed by atoms with Gasteiger partial charge in [-0.05, 0) is 49.0 Å². The summed E-state index contributed by atoms with van der Waals surface area (Å²) in [7, 11) is 0. The zero-order valence-corrected chi connectivity index (χ0v) is 14.3. The van der Waals surface area contributed by atoms with Crippen LogP contribution in [0.1, 0.15) is 46.3 Å². The Balaban J connectivity index is 1.85. The minimum Gasteiger partial charge on any atom is -0.371 e. The van der Waals surface area contributed by atoms with Crippen molar-refractivity contribution in [3.05, 3.63) is 35.2 Å². The van der Waals surface area contributed by atoms with Gasteiger partial charge in [0.25, 0.3) is 11.8 Å². The van der Waals surface area contributed by atoms with Crippen LogP contribution >= 0.6 is 0 Å². The van der Waals surface area contributed by atoms with Crippen LogP contribution in [0, 0.1) is 12.8 Å². The van der Waals surface area contributed by atoms with Crippen molar-refractivity contribution >= 4 is 23.2 Å². The lowest BCUT2D eigenvalue weighted by Gasteiger charge is -2.33. The summed E-state index contributed by atoms with van der Waals surface area (Å²) in [6.07, 6.45) is 2.26. The number of nitrogens with two attached hydrogens (primary N) is 1. The Morgan fingerprint density at radius 3 is 2.80 bits per heavy atom. The molecule has 3 N–H and O–H groups in total. The Labute approximate surface area is 145 Å². The molecule has 0 spiro atoms. The maximum absolute atomic E-state index is 12.2. The Morgan fingerprint density at radius 1 is 1.36 bits per heavy atom. The fourth-order valence-corrected chi connectivity index (χ4v) is 3.12. The number of primary amides is 1. The molecule has 132 valence electrons. The van der Waals surface area contributed by atoms with Crippen LogP contribution in [0.4, 0.5) is 11.4 Å². The summed E-state index contributed by atoms with van der Waals surface area (Å²) in [4.78, 5) is 26.3. The molecule has 2 heterocycles. The Kier molecular flexibility index (Phi) is 4.69. The van der Waals surface area contributed by atoms with Gasteiger partial charge in [-0.15, -0.1) is 0 Å². The van der Waals surface area contributed by atoms with Crippen molar-refractivity contribution in [2.24, 2.45) is 11.7 Å². The van der Waals surface area contributed by atoms with Crippen LogP contribution in [0.25, 0.3) is 0 Å².